The van der Waals surface area contributed by atoms with Crippen molar-refractivity contribution in [3.8, 4) is 0 Å². The highest BCUT2D eigenvalue weighted by Gasteiger charge is 2.26. The molecule has 0 saturated heterocycles. The van der Waals surface area contributed by atoms with Crippen LogP contribution in [0.3, 0.4) is 0 Å². The highest BCUT2D eigenvalue weighted by molar-refractivity contribution is 5.29. The van der Waals surface area contributed by atoms with Crippen molar-refractivity contribution in [3.63, 3.8) is 0 Å². The quantitative estimate of drug-likeness (QED) is 0.495. The molecular formula is C19H24O. The van der Waals surface area contributed by atoms with Gasteiger partial charge in [0.05, 0.1) is 6.10 Å². The molecule has 20 heavy (non-hydrogen) atoms. The van der Waals surface area contributed by atoms with Gasteiger partial charge < -0.3 is 4.74 Å². The van der Waals surface area contributed by atoms with Gasteiger partial charge in [0.15, 0.2) is 0 Å². The summed E-state index contributed by atoms with van der Waals surface area (Å²) in [6, 6.07) is 10.5. The van der Waals surface area contributed by atoms with Gasteiger partial charge in [-0.15, -0.1) is 0 Å². The maximum absolute atomic E-state index is 5.92. The van der Waals surface area contributed by atoms with Crippen molar-refractivity contribution in [1.82, 2.24) is 0 Å². The largest absolute Gasteiger partial charge is 0.374 e. The summed E-state index contributed by atoms with van der Waals surface area (Å²) in [7, 11) is 0. The van der Waals surface area contributed by atoms with Crippen LogP contribution in [-0.4, -0.2) is 6.61 Å². The Hall–Kier alpha value is -1.34. The fourth-order valence-corrected chi connectivity index (χ4v) is 3.30. The molecule has 1 aromatic carbocycles. The molecule has 0 aromatic heterocycles. The minimum absolute atomic E-state index is 0.209. The summed E-state index contributed by atoms with van der Waals surface area (Å²) in [6.45, 7) is 3.01. The molecule has 0 spiro atoms. The number of fused-ring (bicyclic) bond motifs is 2. The van der Waals surface area contributed by atoms with E-state index in [1.165, 1.54) is 24.8 Å². The molecule has 0 amide bonds. The Bertz CT molecular complexity index is 486. The van der Waals surface area contributed by atoms with E-state index in [4.69, 9.17) is 4.74 Å². The van der Waals surface area contributed by atoms with E-state index in [2.05, 4.69) is 49.4 Å². The number of unbranched alkanes of at least 4 members (excludes halogenated alkanes) is 1. The van der Waals surface area contributed by atoms with Crippen molar-refractivity contribution in [2.75, 3.05) is 6.61 Å². The third kappa shape index (κ3) is 3.21. The maximum Gasteiger partial charge on any atom is 0.0796 e. The number of hydrogen-bond donors (Lipinski definition) is 0. The van der Waals surface area contributed by atoms with Crippen LogP contribution in [0, 0.1) is 11.8 Å². The lowest BCUT2D eigenvalue weighted by Gasteiger charge is -2.14. The fourth-order valence-electron chi connectivity index (χ4n) is 3.30. The first-order valence-corrected chi connectivity index (χ1v) is 7.88. The van der Waals surface area contributed by atoms with E-state index >= 15 is 0 Å². The second kappa shape index (κ2) is 6.41. The van der Waals surface area contributed by atoms with E-state index in [-0.39, 0.29) is 6.10 Å². The average Bonchev–Trinajstić information content (AvgIpc) is 3.10. The Balaban J connectivity index is 1.32. The zero-order valence-corrected chi connectivity index (χ0v) is 12.3. The van der Waals surface area contributed by atoms with E-state index in [0.29, 0.717) is 0 Å². The van der Waals surface area contributed by atoms with Gasteiger partial charge in [0, 0.05) is 6.61 Å². The number of rotatable bonds is 7. The van der Waals surface area contributed by atoms with Gasteiger partial charge in [0.2, 0.25) is 0 Å². The molecule has 2 aliphatic rings. The van der Waals surface area contributed by atoms with Crippen molar-refractivity contribution < 1.29 is 4.74 Å². The molecule has 0 saturated carbocycles. The van der Waals surface area contributed by atoms with Gasteiger partial charge in [-0.2, -0.15) is 0 Å². The molecular weight excluding hydrogens is 244 g/mol. The SMILES string of the molecule is C[C@@H](OCCCCC1=CC2C=CC1C2)c1ccccc1. The van der Waals surface area contributed by atoms with Crippen molar-refractivity contribution >= 4 is 0 Å². The lowest BCUT2D eigenvalue weighted by Crippen LogP contribution is -2.02. The van der Waals surface area contributed by atoms with Crippen LogP contribution < -0.4 is 0 Å². The van der Waals surface area contributed by atoms with Crippen LogP contribution in [0.2, 0.25) is 0 Å². The van der Waals surface area contributed by atoms with E-state index < -0.39 is 0 Å². The Morgan fingerprint density at radius 2 is 2.00 bits per heavy atom. The third-order valence-electron chi connectivity index (χ3n) is 4.52. The molecule has 106 valence electrons. The molecule has 2 bridgehead atoms. The van der Waals surface area contributed by atoms with E-state index in [0.717, 1.165) is 24.9 Å². The van der Waals surface area contributed by atoms with Gasteiger partial charge in [-0.3, -0.25) is 0 Å². The second-order valence-corrected chi connectivity index (χ2v) is 6.01. The first-order valence-electron chi connectivity index (χ1n) is 7.88. The molecule has 0 N–H and O–H groups in total. The first-order chi connectivity index (χ1) is 9.83. The summed E-state index contributed by atoms with van der Waals surface area (Å²) in [6.07, 6.45) is 12.5. The molecule has 0 fully saturated rings. The predicted octanol–water partition coefficient (Wildman–Crippen LogP) is 5.07. The van der Waals surface area contributed by atoms with Crippen molar-refractivity contribution in [1.29, 1.82) is 0 Å². The summed E-state index contributed by atoms with van der Waals surface area (Å²) < 4.78 is 5.92. The molecule has 2 aliphatic carbocycles. The molecule has 0 radical (unpaired) electrons. The van der Waals surface area contributed by atoms with Crippen molar-refractivity contribution in [2.45, 2.75) is 38.7 Å². The number of ether oxygens (including phenoxy) is 1. The number of allylic oxidation sites excluding steroid dienone is 4. The monoisotopic (exact) mass is 268 g/mol. The summed E-state index contributed by atoms with van der Waals surface area (Å²) in [5.41, 5.74) is 2.95. The highest BCUT2D eigenvalue weighted by atomic mass is 16.5. The minimum Gasteiger partial charge on any atom is -0.374 e. The predicted molar refractivity (Wildman–Crippen MR) is 83.5 cm³/mol. The Morgan fingerprint density at radius 1 is 1.15 bits per heavy atom. The Labute approximate surface area is 122 Å². The summed E-state index contributed by atoms with van der Waals surface area (Å²) in [5.74, 6) is 1.52. The summed E-state index contributed by atoms with van der Waals surface area (Å²) in [4.78, 5) is 0. The lowest BCUT2D eigenvalue weighted by atomic mass is 9.98. The molecule has 0 aliphatic heterocycles. The number of benzene rings is 1. The van der Waals surface area contributed by atoms with Crippen LogP contribution in [0.25, 0.3) is 0 Å². The van der Waals surface area contributed by atoms with Crippen LogP contribution >= 0.6 is 0 Å². The van der Waals surface area contributed by atoms with Gasteiger partial charge in [-0.25, -0.2) is 0 Å². The van der Waals surface area contributed by atoms with Gasteiger partial charge in [-0.05, 0) is 50.0 Å². The molecule has 2 unspecified atom stereocenters. The van der Waals surface area contributed by atoms with Crippen LogP contribution in [0.5, 0.6) is 0 Å². The second-order valence-electron chi connectivity index (χ2n) is 6.01. The molecule has 3 rings (SSSR count). The lowest BCUT2D eigenvalue weighted by molar-refractivity contribution is 0.0631. The number of hydrogen-bond acceptors (Lipinski definition) is 1. The molecule has 1 heteroatoms. The average molecular weight is 268 g/mol. The van der Waals surface area contributed by atoms with E-state index in [1.807, 2.05) is 6.07 Å². The van der Waals surface area contributed by atoms with Crippen LogP contribution in [0.15, 0.2) is 54.1 Å². The van der Waals surface area contributed by atoms with Crippen LogP contribution in [0.1, 0.15) is 44.3 Å². The van der Waals surface area contributed by atoms with Gasteiger partial charge in [0.25, 0.3) is 0 Å². The minimum atomic E-state index is 0.209. The zero-order valence-electron chi connectivity index (χ0n) is 12.3. The van der Waals surface area contributed by atoms with Crippen molar-refractivity contribution in [3.05, 3.63) is 59.7 Å². The smallest absolute Gasteiger partial charge is 0.0796 e. The van der Waals surface area contributed by atoms with Crippen LogP contribution in [0.4, 0.5) is 0 Å². The van der Waals surface area contributed by atoms with Gasteiger partial charge >= 0.3 is 0 Å². The van der Waals surface area contributed by atoms with Gasteiger partial charge in [0.1, 0.15) is 0 Å². The normalized spacial score (nSPS) is 24.9. The standard InChI is InChI=1S/C19H24O/c1-15(17-7-3-2-4-8-17)20-12-6-5-9-18-13-16-10-11-19(18)14-16/h2-4,7-8,10-11,13,15-16,19H,5-6,9,12,14H2,1H3/t15-,16?,19?/m1/s1. The molecule has 1 nitrogen and oxygen atoms in total. The Morgan fingerprint density at radius 3 is 2.70 bits per heavy atom. The first kappa shape index (κ1) is 13.6. The van der Waals surface area contributed by atoms with Crippen LogP contribution in [-0.2, 0) is 4.74 Å². The van der Waals surface area contributed by atoms with Gasteiger partial charge in [-0.1, -0.05) is 54.1 Å². The van der Waals surface area contributed by atoms with E-state index in [9.17, 15) is 0 Å². The third-order valence-corrected chi connectivity index (χ3v) is 4.52. The zero-order chi connectivity index (χ0) is 13.8. The van der Waals surface area contributed by atoms with E-state index in [1.54, 1.807) is 5.57 Å². The Kier molecular flexibility index (Phi) is 4.37. The topological polar surface area (TPSA) is 9.23 Å². The fraction of sp³-hybridized carbons (Fsp3) is 0.474. The molecule has 3 atom stereocenters. The summed E-state index contributed by atoms with van der Waals surface area (Å²) >= 11 is 0. The summed E-state index contributed by atoms with van der Waals surface area (Å²) in [5, 5.41) is 0. The maximum atomic E-state index is 5.92. The molecule has 1 aromatic rings. The highest BCUT2D eigenvalue weighted by Crippen LogP contribution is 2.40. The molecule has 0 heterocycles. The van der Waals surface area contributed by atoms with Crippen molar-refractivity contribution in [2.24, 2.45) is 11.8 Å².